The van der Waals surface area contributed by atoms with Crippen LogP contribution in [0.4, 0.5) is 10.5 Å². The van der Waals surface area contributed by atoms with E-state index >= 15 is 0 Å². The van der Waals surface area contributed by atoms with Crippen molar-refractivity contribution < 1.29 is 28.5 Å². The van der Waals surface area contributed by atoms with E-state index in [1.54, 1.807) is 37.4 Å². The molecule has 1 amide bonds. The summed E-state index contributed by atoms with van der Waals surface area (Å²) in [6.45, 7) is 0.282. The molecule has 0 fully saturated rings. The van der Waals surface area contributed by atoms with Gasteiger partial charge in [0.2, 0.25) is 0 Å². The molecular weight excluding hydrogens is 362 g/mol. The maximum atomic E-state index is 11.9. The number of amides is 1. The lowest BCUT2D eigenvalue weighted by molar-refractivity contribution is 0.137. The van der Waals surface area contributed by atoms with Gasteiger partial charge in [-0.1, -0.05) is 11.6 Å². The van der Waals surface area contributed by atoms with E-state index in [1.807, 2.05) is 0 Å². The number of anilines is 1. The van der Waals surface area contributed by atoms with E-state index in [1.165, 1.54) is 20.3 Å². The third-order valence-corrected chi connectivity index (χ3v) is 3.65. The van der Waals surface area contributed by atoms with Gasteiger partial charge in [0.05, 0.1) is 32.0 Å². The van der Waals surface area contributed by atoms with Crippen LogP contribution in [0.2, 0.25) is 5.02 Å². The van der Waals surface area contributed by atoms with Gasteiger partial charge in [-0.3, -0.25) is 5.32 Å². The van der Waals surface area contributed by atoms with E-state index in [4.69, 9.17) is 35.3 Å². The zero-order chi connectivity index (χ0) is 18.9. The Morgan fingerprint density at radius 1 is 0.923 bits per heavy atom. The lowest BCUT2D eigenvalue weighted by Gasteiger charge is -2.13. The summed E-state index contributed by atoms with van der Waals surface area (Å²) in [5.74, 6) is 2.23. The highest BCUT2D eigenvalue weighted by atomic mass is 35.5. The molecule has 0 spiro atoms. The van der Waals surface area contributed by atoms with E-state index < -0.39 is 6.09 Å². The molecule has 0 unspecified atom stereocenters. The van der Waals surface area contributed by atoms with Gasteiger partial charge in [-0.25, -0.2) is 4.79 Å². The molecule has 1 N–H and O–H groups in total. The Balaban J connectivity index is 1.82. The second kappa shape index (κ2) is 9.62. The minimum atomic E-state index is -0.650. The normalized spacial score (nSPS) is 10.0. The third kappa shape index (κ3) is 5.35. The molecule has 0 saturated heterocycles. The molecule has 0 aliphatic heterocycles. The number of nitrogens with one attached hydrogen (secondary N) is 1. The maximum Gasteiger partial charge on any atom is 0.411 e. The van der Waals surface area contributed by atoms with E-state index in [0.717, 1.165) is 5.75 Å². The van der Waals surface area contributed by atoms with E-state index in [9.17, 15) is 4.79 Å². The van der Waals surface area contributed by atoms with Gasteiger partial charge in [0.25, 0.3) is 0 Å². The monoisotopic (exact) mass is 381 g/mol. The maximum absolute atomic E-state index is 11.9. The number of carbonyl (C=O) groups is 1. The molecule has 0 saturated carbocycles. The number of carbonyl (C=O) groups excluding carboxylic acids is 1. The molecule has 0 aromatic heterocycles. The SMILES string of the molecule is COc1ccc(OCCOC(=O)Nc2cc(Cl)c(OC)cc2OC)cc1. The summed E-state index contributed by atoms with van der Waals surface area (Å²) >= 11 is 6.06. The fraction of sp³-hybridized carbons (Fsp3) is 0.278. The first-order chi connectivity index (χ1) is 12.6. The van der Waals surface area contributed by atoms with Crippen molar-refractivity contribution in [2.75, 3.05) is 39.9 Å². The Morgan fingerprint density at radius 3 is 2.19 bits per heavy atom. The molecular formula is C18H20ClNO6. The first kappa shape index (κ1) is 19.5. The van der Waals surface area contributed by atoms with Crippen molar-refractivity contribution in [1.82, 2.24) is 0 Å². The fourth-order valence-corrected chi connectivity index (χ4v) is 2.31. The van der Waals surface area contributed by atoms with Crippen molar-refractivity contribution in [1.29, 1.82) is 0 Å². The third-order valence-electron chi connectivity index (χ3n) is 3.36. The van der Waals surface area contributed by atoms with Crippen molar-refractivity contribution in [3.05, 3.63) is 41.4 Å². The quantitative estimate of drug-likeness (QED) is 0.697. The number of halogens is 1. The first-order valence-corrected chi connectivity index (χ1v) is 8.07. The van der Waals surface area contributed by atoms with Gasteiger partial charge in [0, 0.05) is 6.07 Å². The van der Waals surface area contributed by atoms with E-state index in [0.29, 0.717) is 28.0 Å². The first-order valence-electron chi connectivity index (χ1n) is 7.69. The van der Waals surface area contributed by atoms with Crippen LogP contribution in [0.3, 0.4) is 0 Å². The summed E-state index contributed by atoms with van der Waals surface area (Å²) in [5.41, 5.74) is 0.374. The second-order valence-electron chi connectivity index (χ2n) is 4.97. The Hall–Kier alpha value is -2.80. The van der Waals surface area contributed by atoms with Crippen LogP contribution >= 0.6 is 11.6 Å². The lowest BCUT2D eigenvalue weighted by Crippen LogP contribution is -2.18. The fourth-order valence-electron chi connectivity index (χ4n) is 2.07. The Kier molecular flexibility index (Phi) is 7.23. The van der Waals surface area contributed by atoms with Crippen molar-refractivity contribution in [2.24, 2.45) is 0 Å². The molecule has 7 nitrogen and oxygen atoms in total. The molecule has 0 radical (unpaired) electrons. The smallest absolute Gasteiger partial charge is 0.411 e. The van der Waals surface area contributed by atoms with Gasteiger partial charge in [-0.2, -0.15) is 0 Å². The van der Waals surface area contributed by atoms with Crippen LogP contribution < -0.4 is 24.3 Å². The van der Waals surface area contributed by atoms with Crippen LogP contribution in [0.25, 0.3) is 0 Å². The van der Waals surface area contributed by atoms with Crippen LogP contribution in [0.1, 0.15) is 0 Å². The van der Waals surface area contributed by atoms with Crippen LogP contribution in [-0.4, -0.2) is 40.6 Å². The zero-order valence-electron chi connectivity index (χ0n) is 14.7. The van der Waals surface area contributed by atoms with E-state index in [2.05, 4.69) is 5.32 Å². The molecule has 0 bridgehead atoms. The number of ether oxygens (including phenoxy) is 5. The molecule has 26 heavy (non-hydrogen) atoms. The molecule has 8 heteroatoms. The molecule has 0 aliphatic carbocycles. The summed E-state index contributed by atoms with van der Waals surface area (Å²) in [7, 11) is 4.56. The summed E-state index contributed by atoms with van der Waals surface area (Å²) in [6, 6.07) is 10.2. The number of hydrogen-bond donors (Lipinski definition) is 1. The molecule has 0 aliphatic rings. The van der Waals surface area contributed by atoms with Gasteiger partial charge in [0.15, 0.2) is 0 Å². The Morgan fingerprint density at radius 2 is 1.58 bits per heavy atom. The van der Waals surface area contributed by atoms with Crippen molar-refractivity contribution in [3.8, 4) is 23.0 Å². The average molecular weight is 382 g/mol. The topological polar surface area (TPSA) is 75.3 Å². The van der Waals surface area contributed by atoms with Gasteiger partial charge in [0.1, 0.15) is 36.2 Å². The summed E-state index contributed by atoms with van der Waals surface area (Å²) < 4.78 is 25.9. The second-order valence-corrected chi connectivity index (χ2v) is 5.38. The van der Waals surface area contributed by atoms with Crippen LogP contribution in [0, 0.1) is 0 Å². The molecule has 0 heterocycles. The minimum Gasteiger partial charge on any atom is -0.497 e. The molecule has 2 aromatic rings. The van der Waals surface area contributed by atoms with Crippen LogP contribution in [-0.2, 0) is 4.74 Å². The molecule has 140 valence electrons. The lowest BCUT2D eigenvalue weighted by atomic mass is 10.2. The van der Waals surface area contributed by atoms with Crippen LogP contribution in [0.15, 0.2) is 36.4 Å². The van der Waals surface area contributed by atoms with Gasteiger partial charge >= 0.3 is 6.09 Å². The Bertz CT molecular complexity index is 735. The van der Waals surface area contributed by atoms with Crippen molar-refractivity contribution in [3.63, 3.8) is 0 Å². The minimum absolute atomic E-state index is 0.0735. The van der Waals surface area contributed by atoms with Gasteiger partial charge in [-0.15, -0.1) is 0 Å². The highest BCUT2D eigenvalue weighted by Crippen LogP contribution is 2.35. The highest BCUT2D eigenvalue weighted by molar-refractivity contribution is 6.32. The number of hydrogen-bond acceptors (Lipinski definition) is 6. The Labute approximate surface area is 156 Å². The summed E-state index contributed by atoms with van der Waals surface area (Å²) in [4.78, 5) is 11.9. The van der Waals surface area contributed by atoms with Gasteiger partial charge < -0.3 is 23.7 Å². The number of methoxy groups -OCH3 is 3. The zero-order valence-corrected chi connectivity index (χ0v) is 15.5. The predicted molar refractivity (Wildman–Crippen MR) is 98.0 cm³/mol. The number of rotatable bonds is 8. The molecule has 2 aromatic carbocycles. The van der Waals surface area contributed by atoms with E-state index in [-0.39, 0.29) is 13.2 Å². The summed E-state index contributed by atoms with van der Waals surface area (Å²) in [6.07, 6.45) is -0.650. The standard InChI is InChI=1S/C18H20ClNO6/c1-22-12-4-6-13(7-5-12)25-8-9-26-18(21)20-15-10-14(19)16(23-2)11-17(15)24-3/h4-7,10-11H,8-9H2,1-3H3,(H,20,21). The largest absolute Gasteiger partial charge is 0.497 e. The molecule has 0 atom stereocenters. The van der Waals surface area contributed by atoms with Gasteiger partial charge in [-0.05, 0) is 30.3 Å². The molecule has 2 rings (SSSR count). The van der Waals surface area contributed by atoms with Crippen molar-refractivity contribution >= 4 is 23.4 Å². The summed E-state index contributed by atoms with van der Waals surface area (Å²) in [5, 5.41) is 2.91. The van der Waals surface area contributed by atoms with Crippen LogP contribution in [0.5, 0.6) is 23.0 Å². The predicted octanol–water partition coefficient (Wildman–Crippen LogP) is 3.99. The highest BCUT2D eigenvalue weighted by Gasteiger charge is 2.13. The van der Waals surface area contributed by atoms with Crippen molar-refractivity contribution in [2.45, 2.75) is 0 Å². The average Bonchev–Trinajstić information content (AvgIpc) is 2.66. The number of benzene rings is 2.